The molecule has 0 amide bonds. The number of ether oxygens (including phenoxy) is 2. The van der Waals surface area contributed by atoms with Crippen molar-refractivity contribution in [1.82, 2.24) is 14.5 Å². The van der Waals surface area contributed by atoms with Crippen LogP contribution >= 0.6 is 0 Å². The summed E-state index contributed by atoms with van der Waals surface area (Å²) in [7, 11) is 0. The van der Waals surface area contributed by atoms with Gasteiger partial charge in [0.1, 0.15) is 5.82 Å². The number of hydrogen-bond acceptors (Lipinski definition) is 4. The largest absolute Gasteiger partial charge is 0.350 e. The Morgan fingerprint density at radius 2 is 1.80 bits per heavy atom. The molecule has 7 heteroatoms. The number of benzene rings is 1. The van der Waals surface area contributed by atoms with E-state index in [2.05, 4.69) is 9.88 Å². The Labute approximate surface area is 145 Å². The lowest BCUT2D eigenvalue weighted by atomic mass is 9.95. The molecule has 1 unspecified atom stereocenters. The van der Waals surface area contributed by atoms with Crippen LogP contribution in [-0.2, 0) is 9.47 Å². The normalized spacial score (nSPS) is 22.2. The van der Waals surface area contributed by atoms with E-state index in [4.69, 9.17) is 9.47 Å². The van der Waals surface area contributed by atoms with E-state index in [1.807, 2.05) is 13.0 Å². The molecular formula is C18H23F2N3O2. The van der Waals surface area contributed by atoms with Crippen molar-refractivity contribution < 1.29 is 18.3 Å². The first-order chi connectivity index (χ1) is 12.1. The fraction of sp³-hybridized carbons (Fsp3) is 0.611. The maximum absolute atomic E-state index is 13.7. The van der Waals surface area contributed by atoms with Gasteiger partial charge in [-0.15, -0.1) is 0 Å². The van der Waals surface area contributed by atoms with Crippen molar-refractivity contribution in [2.45, 2.75) is 38.6 Å². The van der Waals surface area contributed by atoms with Crippen LogP contribution in [0.3, 0.4) is 0 Å². The van der Waals surface area contributed by atoms with Gasteiger partial charge in [0.2, 0.25) is 0 Å². The van der Waals surface area contributed by atoms with Crippen LogP contribution in [0.15, 0.2) is 24.3 Å². The Bertz CT molecular complexity index is 722. The first kappa shape index (κ1) is 16.9. The van der Waals surface area contributed by atoms with Crippen LogP contribution in [0.5, 0.6) is 0 Å². The Morgan fingerprint density at radius 3 is 2.48 bits per heavy atom. The number of alkyl halides is 2. The third-order valence-corrected chi connectivity index (χ3v) is 5.35. The highest BCUT2D eigenvalue weighted by Gasteiger charge is 2.33. The van der Waals surface area contributed by atoms with Crippen LogP contribution in [-0.4, -0.2) is 47.0 Å². The molecule has 136 valence electrons. The summed E-state index contributed by atoms with van der Waals surface area (Å²) < 4.78 is 39.6. The predicted octanol–water partition coefficient (Wildman–Crippen LogP) is 3.58. The Kier molecular flexibility index (Phi) is 4.71. The van der Waals surface area contributed by atoms with Crippen LogP contribution in [0.1, 0.15) is 38.2 Å². The van der Waals surface area contributed by atoms with Crippen molar-refractivity contribution in [3.05, 3.63) is 30.1 Å². The molecule has 0 aliphatic carbocycles. The van der Waals surface area contributed by atoms with E-state index in [9.17, 15) is 8.78 Å². The Morgan fingerprint density at radius 1 is 1.12 bits per heavy atom. The fourth-order valence-corrected chi connectivity index (χ4v) is 3.95. The zero-order valence-corrected chi connectivity index (χ0v) is 14.3. The summed E-state index contributed by atoms with van der Waals surface area (Å²) in [5.41, 5.74) is 1.11. The average Bonchev–Trinajstić information content (AvgIpc) is 3.28. The molecule has 4 rings (SSSR count). The van der Waals surface area contributed by atoms with Crippen LogP contribution in [0.4, 0.5) is 8.78 Å². The standard InChI is InChI=1S/C18H23F2N3O2/c1-12(22-8-6-13(7-9-22)17-24-10-11-25-17)16-21-14-4-2-3-5-15(14)23(16)18(19)20/h2-5,12-13,17-18H,6-11H2,1H3. The summed E-state index contributed by atoms with van der Waals surface area (Å²) >= 11 is 0. The summed E-state index contributed by atoms with van der Waals surface area (Å²) in [5.74, 6) is 0.822. The summed E-state index contributed by atoms with van der Waals surface area (Å²) in [6.45, 7) is 2.37. The van der Waals surface area contributed by atoms with E-state index < -0.39 is 6.55 Å². The molecule has 2 fully saturated rings. The summed E-state index contributed by atoms with van der Waals surface area (Å²) in [6, 6.07) is 6.92. The maximum atomic E-state index is 13.7. The minimum absolute atomic E-state index is 0.0944. The summed E-state index contributed by atoms with van der Waals surface area (Å²) in [5, 5.41) is 0. The minimum Gasteiger partial charge on any atom is -0.350 e. The third kappa shape index (κ3) is 3.16. The Balaban J connectivity index is 1.52. The number of rotatable bonds is 4. The monoisotopic (exact) mass is 351 g/mol. The van der Waals surface area contributed by atoms with Crippen LogP contribution in [0, 0.1) is 5.92 Å². The second-order valence-electron chi connectivity index (χ2n) is 6.77. The van der Waals surface area contributed by atoms with E-state index in [-0.39, 0.29) is 12.3 Å². The first-order valence-electron chi connectivity index (χ1n) is 8.87. The van der Waals surface area contributed by atoms with Gasteiger partial charge >= 0.3 is 6.55 Å². The molecule has 2 saturated heterocycles. The fourth-order valence-electron chi connectivity index (χ4n) is 3.95. The maximum Gasteiger partial charge on any atom is 0.320 e. The van der Waals surface area contributed by atoms with E-state index >= 15 is 0 Å². The lowest BCUT2D eigenvalue weighted by Crippen LogP contribution is -2.40. The van der Waals surface area contributed by atoms with Crippen LogP contribution in [0.25, 0.3) is 11.0 Å². The molecule has 2 aliphatic rings. The second kappa shape index (κ2) is 6.97. The van der Waals surface area contributed by atoms with Gasteiger partial charge in [-0.1, -0.05) is 12.1 Å². The van der Waals surface area contributed by atoms with E-state index in [0.717, 1.165) is 30.5 Å². The number of para-hydroxylation sites is 2. The van der Waals surface area contributed by atoms with Gasteiger partial charge in [-0.2, -0.15) is 8.78 Å². The van der Waals surface area contributed by atoms with Crippen molar-refractivity contribution in [1.29, 1.82) is 0 Å². The van der Waals surface area contributed by atoms with Gasteiger partial charge in [0.25, 0.3) is 0 Å². The minimum atomic E-state index is -2.59. The summed E-state index contributed by atoms with van der Waals surface area (Å²) in [6.07, 6.45) is 1.80. The van der Waals surface area contributed by atoms with Crippen molar-refractivity contribution in [2.75, 3.05) is 26.3 Å². The molecule has 0 spiro atoms. The molecule has 25 heavy (non-hydrogen) atoms. The van der Waals surface area contributed by atoms with Gasteiger partial charge in [0.05, 0.1) is 30.3 Å². The lowest BCUT2D eigenvalue weighted by molar-refractivity contribution is -0.0995. The molecule has 1 aromatic heterocycles. The van der Waals surface area contributed by atoms with Gasteiger partial charge in [-0.3, -0.25) is 9.47 Å². The molecule has 2 aromatic rings. The molecule has 1 aromatic carbocycles. The van der Waals surface area contributed by atoms with Crippen molar-refractivity contribution in [2.24, 2.45) is 5.92 Å². The highest BCUT2D eigenvalue weighted by molar-refractivity contribution is 5.76. The number of piperidine rings is 1. The molecule has 3 heterocycles. The first-order valence-corrected chi connectivity index (χ1v) is 8.87. The Hall–Kier alpha value is -1.57. The predicted molar refractivity (Wildman–Crippen MR) is 89.4 cm³/mol. The number of likely N-dealkylation sites (tertiary alicyclic amines) is 1. The summed E-state index contributed by atoms with van der Waals surface area (Å²) in [4.78, 5) is 6.73. The SMILES string of the molecule is CC(c1nc2ccccc2n1C(F)F)N1CCC(C2OCCO2)CC1. The number of fused-ring (bicyclic) bond motifs is 1. The number of nitrogens with zero attached hydrogens (tertiary/aromatic N) is 3. The van der Waals surface area contributed by atoms with Crippen molar-refractivity contribution in [3.63, 3.8) is 0 Å². The highest BCUT2D eigenvalue weighted by Crippen LogP contribution is 2.33. The van der Waals surface area contributed by atoms with Crippen LogP contribution in [0.2, 0.25) is 0 Å². The smallest absolute Gasteiger partial charge is 0.320 e. The molecule has 2 aliphatic heterocycles. The lowest BCUT2D eigenvalue weighted by Gasteiger charge is -2.37. The quantitative estimate of drug-likeness (QED) is 0.844. The van der Waals surface area contributed by atoms with Gasteiger partial charge in [0.15, 0.2) is 6.29 Å². The van der Waals surface area contributed by atoms with Gasteiger partial charge in [-0.05, 0) is 45.0 Å². The van der Waals surface area contributed by atoms with Gasteiger partial charge < -0.3 is 9.47 Å². The molecule has 0 N–H and O–H groups in total. The molecule has 0 saturated carbocycles. The van der Waals surface area contributed by atoms with Gasteiger partial charge in [-0.25, -0.2) is 4.98 Å². The van der Waals surface area contributed by atoms with Crippen LogP contribution < -0.4 is 0 Å². The molecule has 5 nitrogen and oxygen atoms in total. The highest BCUT2D eigenvalue weighted by atomic mass is 19.3. The number of hydrogen-bond donors (Lipinski definition) is 0. The molecule has 1 atom stereocenters. The molecular weight excluding hydrogens is 328 g/mol. The molecule has 0 bridgehead atoms. The van der Waals surface area contributed by atoms with E-state index in [0.29, 0.717) is 36.0 Å². The van der Waals surface area contributed by atoms with E-state index in [1.165, 1.54) is 0 Å². The molecule has 0 radical (unpaired) electrons. The topological polar surface area (TPSA) is 39.5 Å². The number of imidazole rings is 1. The second-order valence-corrected chi connectivity index (χ2v) is 6.77. The average molecular weight is 351 g/mol. The van der Waals surface area contributed by atoms with Crippen molar-refractivity contribution >= 4 is 11.0 Å². The van der Waals surface area contributed by atoms with Crippen molar-refractivity contribution in [3.8, 4) is 0 Å². The van der Waals surface area contributed by atoms with E-state index in [1.54, 1.807) is 18.2 Å². The van der Waals surface area contributed by atoms with Gasteiger partial charge in [0, 0.05) is 5.92 Å². The zero-order valence-electron chi connectivity index (χ0n) is 14.3. The number of aromatic nitrogens is 2. The third-order valence-electron chi connectivity index (χ3n) is 5.35. The zero-order chi connectivity index (χ0) is 17.4. The number of halogens is 2.